The molecule has 0 aromatic heterocycles. The summed E-state index contributed by atoms with van der Waals surface area (Å²) in [7, 11) is 1.35. The maximum absolute atomic E-state index is 12.5. The number of halogens is 4. The highest BCUT2D eigenvalue weighted by atomic mass is 79.9. The van der Waals surface area contributed by atoms with Gasteiger partial charge in [0.05, 0.1) is 17.1 Å². The lowest BCUT2D eigenvalue weighted by atomic mass is 10.1. The molecule has 0 heterocycles. The second kappa shape index (κ2) is 7.12. The van der Waals surface area contributed by atoms with Gasteiger partial charge in [0.15, 0.2) is 11.5 Å². The van der Waals surface area contributed by atoms with E-state index in [1.165, 1.54) is 31.4 Å². The van der Waals surface area contributed by atoms with E-state index in [0.717, 1.165) is 12.1 Å². The zero-order chi connectivity index (χ0) is 17.9. The lowest BCUT2D eigenvalue weighted by Crippen LogP contribution is -2.22. The number of carbonyl (C=O) groups is 1. The normalized spacial score (nSPS) is 11.2. The number of benzene rings is 2. The number of ether oxygens (including phenoxy) is 1. The Kier molecular flexibility index (Phi) is 5.38. The van der Waals surface area contributed by atoms with Crippen molar-refractivity contribution in [2.75, 3.05) is 7.11 Å². The Balaban J connectivity index is 2.07. The molecule has 0 unspecified atom stereocenters. The number of carbonyl (C=O) groups excluding carboxylic acids is 1. The van der Waals surface area contributed by atoms with Crippen molar-refractivity contribution in [2.45, 2.75) is 12.7 Å². The number of aromatic hydroxyl groups is 1. The second-order valence-electron chi connectivity index (χ2n) is 4.89. The minimum atomic E-state index is -4.39. The Bertz CT molecular complexity index is 745. The molecule has 1 amide bonds. The second-order valence-corrected chi connectivity index (χ2v) is 5.74. The summed E-state index contributed by atoms with van der Waals surface area (Å²) in [5.74, 6) is -0.449. The van der Waals surface area contributed by atoms with E-state index in [0.29, 0.717) is 10.0 Å². The van der Waals surface area contributed by atoms with Crippen molar-refractivity contribution < 1.29 is 27.8 Å². The zero-order valence-electron chi connectivity index (χ0n) is 12.4. The van der Waals surface area contributed by atoms with Gasteiger partial charge in [0.25, 0.3) is 5.91 Å². The third-order valence-electron chi connectivity index (χ3n) is 3.24. The number of amides is 1. The van der Waals surface area contributed by atoms with Gasteiger partial charge in [0.2, 0.25) is 0 Å². The fourth-order valence-electron chi connectivity index (χ4n) is 1.96. The molecule has 0 aliphatic heterocycles. The zero-order valence-corrected chi connectivity index (χ0v) is 14.0. The fourth-order valence-corrected chi connectivity index (χ4v) is 2.40. The first-order valence-electron chi connectivity index (χ1n) is 6.73. The highest BCUT2D eigenvalue weighted by Crippen LogP contribution is 2.35. The van der Waals surface area contributed by atoms with Crippen molar-refractivity contribution >= 4 is 21.8 Å². The molecule has 2 aromatic rings. The van der Waals surface area contributed by atoms with Crippen LogP contribution in [0.25, 0.3) is 0 Å². The fraction of sp³-hybridized carbons (Fsp3) is 0.188. The first kappa shape index (κ1) is 18.1. The van der Waals surface area contributed by atoms with Gasteiger partial charge in [-0.1, -0.05) is 12.1 Å². The Labute approximate surface area is 144 Å². The van der Waals surface area contributed by atoms with Crippen molar-refractivity contribution in [3.05, 3.63) is 57.6 Å². The molecule has 0 aliphatic carbocycles. The molecule has 2 N–H and O–H groups in total. The number of rotatable bonds is 4. The number of nitrogens with one attached hydrogen (secondary N) is 1. The molecule has 0 radical (unpaired) electrons. The van der Waals surface area contributed by atoms with Gasteiger partial charge in [-0.3, -0.25) is 4.79 Å². The van der Waals surface area contributed by atoms with Crippen LogP contribution in [-0.4, -0.2) is 18.1 Å². The van der Waals surface area contributed by atoms with E-state index in [2.05, 4.69) is 21.2 Å². The van der Waals surface area contributed by atoms with E-state index in [9.17, 15) is 23.1 Å². The monoisotopic (exact) mass is 403 g/mol. The smallest absolute Gasteiger partial charge is 0.416 e. The summed E-state index contributed by atoms with van der Waals surface area (Å²) in [4.78, 5) is 12.1. The number of hydrogen-bond donors (Lipinski definition) is 2. The molecule has 0 bridgehead atoms. The van der Waals surface area contributed by atoms with Crippen LogP contribution in [-0.2, 0) is 12.7 Å². The molecule has 4 nitrogen and oxygen atoms in total. The van der Waals surface area contributed by atoms with Crippen molar-refractivity contribution in [2.24, 2.45) is 0 Å². The molecule has 0 fully saturated rings. The minimum absolute atomic E-state index is 0.0672. The Morgan fingerprint density at radius 2 is 1.88 bits per heavy atom. The number of methoxy groups -OCH3 is 1. The average molecular weight is 404 g/mol. The third kappa shape index (κ3) is 4.19. The van der Waals surface area contributed by atoms with Gasteiger partial charge >= 0.3 is 6.18 Å². The van der Waals surface area contributed by atoms with E-state index in [4.69, 9.17) is 4.74 Å². The van der Waals surface area contributed by atoms with Gasteiger partial charge in [-0.25, -0.2) is 0 Å². The Morgan fingerprint density at radius 1 is 1.25 bits per heavy atom. The number of phenols is 1. The molecule has 2 aromatic carbocycles. The van der Waals surface area contributed by atoms with Crippen molar-refractivity contribution in [1.82, 2.24) is 5.32 Å². The SMILES string of the molecule is COc1cc(C(=O)NCc2ccc(C(F)(F)F)cc2)cc(Br)c1O. The van der Waals surface area contributed by atoms with Crippen molar-refractivity contribution in [3.63, 3.8) is 0 Å². The summed E-state index contributed by atoms with van der Waals surface area (Å²) in [5.41, 5.74) is 0.0226. The maximum Gasteiger partial charge on any atom is 0.416 e. The van der Waals surface area contributed by atoms with Crippen LogP contribution >= 0.6 is 15.9 Å². The molecule has 8 heteroatoms. The van der Waals surface area contributed by atoms with Crippen LogP contribution in [0, 0.1) is 0 Å². The summed E-state index contributed by atoms with van der Waals surface area (Å²) in [6.07, 6.45) is -4.39. The molecular formula is C16H13BrF3NO3. The van der Waals surface area contributed by atoms with Gasteiger partial charge in [0.1, 0.15) is 0 Å². The van der Waals surface area contributed by atoms with Crippen molar-refractivity contribution in [3.8, 4) is 11.5 Å². The van der Waals surface area contributed by atoms with Gasteiger partial charge in [0, 0.05) is 12.1 Å². The minimum Gasteiger partial charge on any atom is -0.503 e. The van der Waals surface area contributed by atoms with Gasteiger partial charge in [-0.15, -0.1) is 0 Å². The van der Waals surface area contributed by atoms with Crippen LogP contribution in [0.2, 0.25) is 0 Å². The van der Waals surface area contributed by atoms with E-state index in [-0.39, 0.29) is 23.6 Å². The highest BCUT2D eigenvalue weighted by Gasteiger charge is 2.29. The molecule has 0 saturated carbocycles. The standard InChI is InChI=1S/C16H13BrF3NO3/c1-24-13-7-10(6-12(17)14(13)22)15(23)21-8-9-2-4-11(5-3-9)16(18,19)20/h2-7,22H,8H2,1H3,(H,21,23). The van der Waals surface area contributed by atoms with E-state index in [1.54, 1.807) is 0 Å². The number of alkyl halides is 3. The summed E-state index contributed by atoms with van der Waals surface area (Å²) < 4.78 is 42.7. The van der Waals surface area contributed by atoms with Crippen LogP contribution < -0.4 is 10.1 Å². The quantitative estimate of drug-likeness (QED) is 0.807. The third-order valence-corrected chi connectivity index (χ3v) is 3.85. The van der Waals surface area contributed by atoms with Crippen molar-refractivity contribution in [1.29, 1.82) is 0 Å². The Hall–Kier alpha value is -2.22. The molecule has 2 rings (SSSR count). The summed E-state index contributed by atoms with van der Waals surface area (Å²) in [5, 5.41) is 12.3. The number of phenolic OH excluding ortho intramolecular Hbond substituents is 1. The first-order valence-corrected chi connectivity index (χ1v) is 7.52. The predicted octanol–water partition coefficient (Wildman–Crippen LogP) is 4.11. The van der Waals surface area contributed by atoms with E-state index < -0.39 is 17.6 Å². The summed E-state index contributed by atoms with van der Waals surface area (Å²) >= 11 is 3.11. The number of hydrogen-bond acceptors (Lipinski definition) is 3. The largest absolute Gasteiger partial charge is 0.503 e. The highest BCUT2D eigenvalue weighted by molar-refractivity contribution is 9.10. The molecule has 0 saturated heterocycles. The van der Waals surface area contributed by atoms with Crippen LogP contribution in [0.3, 0.4) is 0 Å². The van der Waals surface area contributed by atoms with E-state index in [1.807, 2.05) is 0 Å². The summed E-state index contributed by atoms with van der Waals surface area (Å²) in [6.45, 7) is 0.0672. The lowest BCUT2D eigenvalue weighted by Gasteiger charge is -2.10. The maximum atomic E-state index is 12.5. The average Bonchev–Trinajstić information content (AvgIpc) is 2.54. The van der Waals surface area contributed by atoms with Crippen LogP contribution in [0.5, 0.6) is 11.5 Å². The molecular weight excluding hydrogens is 391 g/mol. The summed E-state index contributed by atoms with van der Waals surface area (Å²) in [6, 6.07) is 7.30. The molecule has 128 valence electrons. The molecule has 0 aliphatic rings. The van der Waals surface area contributed by atoms with E-state index >= 15 is 0 Å². The molecule has 0 atom stereocenters. The molecule has 0 spiro atoms. The van der Waals surface area contributed by atoms with Crippen LogP contribution in [0.1, 0.15) is 21.5 Å². The predicted molar refractivity (Wildman–Crippen MR) is 85.0 cm³/mol. The van der Waals surface area contributed by atoms with Crippen LogP contribution in [0.15, 0.2) is 40.9 Å². The molecule has 24 heavy (non-hydrogen) atoms. The van der Waals surface area contributed by atoms with Gasteiger partial charge in [-0.05, 0) is 45.8 Å². The van der Waals surface area contributed by atoms with Crippen LogP contribution in [0.4, 0.5) is 13.2 Å². The van der Waals surface area contributed by atoms with Gasteiger partial charge < -0.3 is 15.2 Å². The first-order chi connectivity index (χ1) is 11.2. The van der Waals surface area contributed by atoms with Gasteiger partial charge in [-0.2, -0.15) is 13.2 Å². The Morgan fingerprint density at radius 3 is 2.42 bits per heavy atom. The topological polar surface area (TPSA) is 58.6 Å². The lowest BCUT2D eigenvalue weighted by molar-refractivity contribution is -0.137.